The zero-order valence-electron chi connectivity index (χ0n) is 8.69. The Morgan fingerprint density at radius 1 is 1.64 bits per heavy atom. The summed E-state index contributed by atoms with van der Waals surface area (Å²) in [6.45, 7) is 4.14. The summed E-state index contributed by atoms with van der Waals surface area (Å²) in [6.07, 6.45) is 2.42. The molecular weight excluding hydrogens is 200 g/mol. The number of amides is 2. The first-order chi connectivity index (χ1) is 6.65. The van der Waals surface area contributed by atoms with Gasteiger partial charge in [0.15, 0.2) is 0 Å². The highest BCUT2D eigenvalue weighted by molar-refractivity contribution is 7.80. The van der Waals surface area contributed by atoms with Crippen molar-refractivity contribution in [3.05, 3.63) is 0 Å². The number of unbranched alkanes of at least 4 members (excludes halogenated alkanes) is 1. The molecule has 0 aliphatic rings. The quantitative estimate of drug-likeness (QED) is 0.374. The van der Waals surface area contributed by atoms with E-state index in [1.807, 2.05) is 0 Å². The number of hydrogen-bond donors (Lipinski definition) is 2. The summed E-state index contributed by atoms with van der Waals surface area (Å²) in [5.74, 6) is 0.287. The number of hydrogen-bond acceptors (Lipinski definition) is 3. The van der Waals surface area contributed by atoms with E-state index in [2.05, 4.69) is 24.9 Å². The summed E-state index contributed by atoms with van der Waals surface area (Å²) in [5.41, 5.74) is 0. The van der Waals surface area contributed by atoms with Crippen molar-refractivity contribution in [3.63, 3.8) is 0 Å². The second kappa shape index (κ2) is 7.67. The highest BCUT2D eigenvalue weighted by atomic mass is 32.1. The Hall–Kier alpha value is -0.710. The lowest BCUT2D eigenvalue weighted by molar-refractivity contribution is -0.124. The predicted molar refractivity (Wildman–Crippen MR) is 59.1 cm³/mol. The van der Waals surface area contributed by atoms with Crippen LogP contribution in [0.15, 0.2) is 0 Å². The smallest absolute Gasteiger partial charge is 0.218 e. The van der Waals surface area contributed by atoms with Crippen LogP contribution in [0.4, 0.5) is 0 Å². The maximum Gasteiger partial charge on any atom is 0.218 e. The maximum absolute atomic E-state index is 10.8. The minimum atomic E-state index is -0.292. The van der Waals surface area contributed by atoms with Gasteiger partial charge in [-0.25, -0.2) is 0 Å². The Kier molecular flexibility index (Phi) is 7.28. The minimum Gasteiger partial charge on any atom is -0.335 e. The first-order valence-corrected chi connectivity index (χ1v) is 5.38. The normalized spacial score (nSPS) is 11.9. The van der Waals surface area contributed by atoms with Crippen LogP contribution in [-0.4, -0.2) is 35.7 Å². The second-order valence-corrected chi connectivity index (χ2v) is 3.46. The largest absolute Gasteiger partial charge is 0.335 e. The molecule has 0 saturated carbocycles. The van der Waals surface area contributed by atoms with Gasteiger partial charge in [0.2, 0.25) is 12.3 Å². The molecule has 0 aliphatic carbocycles. The van der Waals surface area contributed by atoms with Gasteiger partial charge in [-0.05, 0) is 6.42 Å². The van der Waals surface area contributed by atoms with Crippen LogP contribution in [-0.2, 0) is 9.59 Å². The third kappa shape index (κ3) is 5.11. The molecule has 0 spiro atoms. The average Bonchev–Trinajstić information content (AvgIpc) is 2.16. The molecule has 14 heavy (non-hydrogen) atoms. The van der Waals surface area contributed by atoms with Crippen LogP contribution in [0.3, 0.4) is 0 Å². The lowest BCUT2D eigenvalue weighted by Gasteiger charge is -2.27. The lowest BCUT2D eigenvalue weighted by Crippen LogP contribution is -2.48. The molecule has 0 bridgehead atoms. The lowest BCUT2D eigenvalue weighted by atomic mass is 10.3. The summed E-state index contributed by atoms with van der Waals surface area (Å²) in [4.78, 5) is 23.1. The van der Waals surface area contributed by atoms with Crippen molar-refractivity contribution in [1.29, 1.82) is 0 Å². The summed E-state index contributed by atoms with van der Waals surface area (Å²) in [7, 11) is 0. The fraction of sp³-hybridized carbons (Fsp3) is 0.778. The standard InChI is InChI=1S/C9H18N2O2S/c1-3-4-5-11(7-12)9(6-14)10-8(2)13/h7,9,14H,3-6H2,1-2H3,(H,10,13)/t9-/m1/s1. The van der Waals surface area contributed by atoms with Crippen LogP contribution >= 0.6 is 12.6 Å². The van der Waals surface area contributed by atoms with Crippen molar-refractivity contribution in [2.45, 2.75) is 32.9 Å². The van der Waals surface area contributed by atoms with E-state index in [-0.39, 0.29) is 12.1 Å². The van der Waals surface area contributed by atoms with Crippen LogP contribution in [0.5, 0.6) is 0 Å². The molecule has 1 N–H and O–H groups in total. The molecule has 0 fully saturated rings. The number of carbonyl (C=O) groups excluding carboxylic acids is 2. The first kappa shape index (κ1) is 13.3. The molecule has 0 radical (unpaired) electrons. The van der Waals surface area contributed by atoms with Crippen molar-refractivity contribution >= 4 is 24.9 Å². The van der Waals surface area contributed by atoms with Crippen molar-refractivity contribution in [1.82, 2.24) is 10.2 Å². The highest BCUT2D eigenvalue weighted by Crippen LogP contribution is 1.99. The number of rotatable bonds is 7. The van der Waals surface area contributed by atoms with Gasteiger partial charge in [-0.1, -0.05) is 13.3 Å². The van der Waals surface area contributed by atoms with Crippen molar-refractivity contribution in [2.24, 2.45) is 0 Å². The van der Waals surface area contributed by atoms with Gasteiger partial charge in [0.1, 0.15) is 6.17 Å². The van der Waals surface area contributed by atoms with Gasteiger partial charge < -0.3 is 10.2 Å². The van der Waals surface area contributed by atoms with E-state index < -0.39 is 0 Å². The Balaban J connectivity index is 4.13. The van der Waals surface area contributed by atoms with E-state index in [1.54, 1.807) is 4.90 Å². The SMILES string of the molecule is CCCCN(C=O)[C@H](CS)NC(C)=O. The molecule has 0 rings (SSSR count). The molecule has 0 aromatic heterocycles. The molecule has 4 nitrogen and oxygen atoms in total. The summed E-state index contributed by atoms with van der Waals surface area (Å²) in [6, 6.07) is 0. The molecule has 0 unspecified atom stereocenters. The van der Waals surface area contributed by atoms with E-state index >= 15 is 0 Å². The third-order valence-corrected chi connectivity index (χ3v) is 2.19. The van der Waals surface area contributed by atoms with Crippen molar-refractivity contribution in [2.75, 3.05) is 12.3 Å². The fourth-order valence-corrected chi connectivity index (χ4v) is 1.39. The summed E-state index contributed by atoms with van der Waals surface area (Å²) in [5, 5.41) is 2.67. The summed E-state index contributed by atoms with van der Waals surface area (Å²) >= 11 is 4.09. The van der Waals surface area contributed by atoms with Gasteiger partial charge in [0, 0.05) is 19.2 Å². The number of thiol groups is 1. The van der Waals surface area contributed by atoms with E-state index in [0.717, 1.165) is 19.3 Å². The van der Waals surface area contributed by atoms with E-state index in [9.17, 15) is 9.59 Å². The Labute approximate surface area is 90.4 Å². The van der Waals surface area contributed by atoms with Crippen LogP contribution in [0, 0.1) is 0 Å². The first-order valence-electron chi connectivity index (χ1n) is 4.74. The molecule has 0 aromatic rings. The Morgan fingerprint density at radius 2 is 2.29 bits per heavy atom. The average molecular weight is 218 g/mol. The summed E-state index contributed by atoms with van der Waals surface area (Å²) < 4.78 is 0. The van der Waals surface area contributed by atoms with E-state index in [0.29, 0.717) is 12.3 Å². The van der Waals surface area contributed by atoms with Crippen molar-refractivity contribution < 1.29 is 9.59 Å². The van der Waals surface area contributed by atoms with E-state index in [4.69, 9.17) is 0 Å². The zero-order valence-corrected chi connectivity index (χ0v) is 9.59. The Bertz CT molecular complexity index is 188. The van der Waals surface area contributed by atoms with Gasteiger partial charge in [-0.2, -0.15) is 12.6 Å². The minimum absolute atomic E-state index is 0.146. The topological polar surface area (TPSA) is 49.4 Å². The number of carbonyl (C=O) groups is 2. The van der Waals surface area contributed by atoms with Gasteiger partial charge >= 0.3 is 0 Å². The van der Waals surface area contributed by atoms with Crippen LogP contribution < -0.4 is 5.32 Å². The highest BCUT2D eigenvalue weighted by Gasteiger charge is 2.14. The molecule has 0 saturated heterocycles. The van der Waals surface area contributed by atoms with Gasteiger partial charge in [0.25, 0.3) is 0 Å². The fourth-order valence-electron chi connectivity index (χ4n) is 1.09. The number of nitrogens with zero attached hydrogens (tertiary/aromatic N) is 1. The Morgan fingerprint density at radius 3 is 2.64 bits per heavy atom. The van der Waals surface area contributed by atoms with Crippen LogP contribution in [0.25, 0.3) is 0 Å². The molecular formula is C9H18N2O2S. The number of nitrogens with one attached hydrogen (secondary N) is 1. The predicted octanol–water partition coefficient (Wildman–Crippen LogP) is 0.637. The molecule has 5 heteroatoms. The molecule has 0 heterocycles. The van der Waals surface area contributed by atoms with Gasteiger partial charge in [-0.3, -0.25) is 9.59 Å². The molecule has 0 aromatic carbocycles. The second-order valence-electron chi connectivity index (χ2n) is 3.10. The maximum atomic E-state index is 10.8. The van der Waals surface area contributed by atoms with E-state index in [1.165, 1.54) is 6.92 Å². The molecule has 1 atom stereocenters. The molecule has 82 valence electrons. The third-order valence-electron chi connectivity index (χ3n) is 1.85. The van der Waals surface area contributed by atoms with Crippen LogP contribution in [0.1, 0.15) is 26.7 Å². The molecule has 0 aliphatic heterocycles. The van der Waals surface area contributed by atoms with Gasteiger partial charge in [-0.15, -0.1) is 0 Å². The monoisotopic (exact) mass is 218 g/mol. The van der Waals surface area contributed by atoms with Crippen molar-refractivity contribution in [3.8, 4) is 0 Å². The zero-order chi connectivity index (χ0) is 11.0. The van der Waals surface area contributed by atoms with Gasteiger partial charge in [0.05, 0.1) is 0 Å². The van der Waals surface area contributed by atoms with Crippen LogP contribution in [0.2, 0.25) is 0 Å². The molecule has 2 amide bonds.